The molecule has 1 atom stereocenters. The molecule has 1 amide bonds. The van der Waals surface area contributed by atoms with Gasteiger partial charge in [-0.25, -0.2) is 13.8 Å². The number of benzene rings is 2. The highest BCUT2D eigenvalue weighted by atomic mass is 32.1. The number of hydrogen-bond donors (Lipinski definition) is 1. The zero-order valence-corrected chi connectivity index (χ0v) is 13.6. The Balaban J connectivity index is 1.75. The van der Waals surface area contributed by atoms with Crippen molar-refractivity contribution in [3.63, 3.8) is 0 Å². The fourth-order valence-electron chi connectivity index (χ4n) is 2.24. The molecule has 2 aromatic carbocycles. The summed E-state index contributed by atoms with van der Waals surface area (Å²) < 4.78 is 26.9. The van der Waals surface area contributed by atoms with E-state index >= 15 is 0 Å². The number of nitrogens with zero attached hydrogens (tertiary/aromatic N) is 1. The average Bonchev–Trinajstić information content (AvgIpc) is 3.08. The number of rotatable bonds is 4. The standard InChI is InChI=1S/C18H14F2N2OS/c1-11(21-17(23)14-9-13(19)7-8-15(14)20)18-22-16(10-24-18)12-5-3-2-4-6-12/h2-11H,1H3,(H,21,23). The quantitative estimate of drug-likeness (QED) is 0.753. The van der Waals surface area contributed by atoms with Crippen molar-refractivity contribution >= 4 is 17.2 Å². The number of amides is 1. The molecule has 1 aromatic heterocycles. The fraction of sp³-hybridized carbons (Fsp3) is 0.111. The predicted molar refractivity (Wildman–Crippen MR) is 89.8 cm³/mol. The van der Waals surface area contributed by atoms with Crippen molar-refractivity contribution in [2.45, 2.75) is 13.0 Å². The summed E-state index contributed by atoms with van der Waals surface area (Å²) in [4.78, 5) is 16.6. The van der Waals surface area contributed by atoms with Crippen LogP contribution >= 0.6 is 11.3 Å². The van der Waals surface area contributed by atoms with Gasteiger partial charge in [0.05, 0.1) is 17.3 Å². The second-order valence-electron chi connectivity index (χ2n) is 5.26. The highest BCUT2D eigenvalue weighted by Gasteiger charge is 2.18. The van der Waals surface area contributed by atoms with E-state index in [2.05, 4.69) is 10.3 Å². The van der Waals surface area contributed by atoms with Gasteiger partial charge < -0.3 is 5.32 Å². The van der Waals surface area contributed by atoms with Crippen LogP contribution in [0.2, 0.25) is 0 Å². The van der Waals surface area contributed by atoms with E-state index in [1.54, 1.807) is 6.92 Å². The molecule has 122 valence electrons. The van der Waals surface area contributed by atoms with Gasteiger partial charge in [-0.2, -0.15) is 0 Å². The molecular formula is C18H14F2N2OS. The molecule has 0 aliphatic carbocycles. The SMILES string of the molecule is CC(NC(=O)c1cc(F)ccc1F)c1nc(-c2ccccc2)cs1. The smallest absolute Gasteiger partial charge is 0.254 e. The summed E-state index contributed by atoms with van der Waals surface area (Å²) in [6.45, 7) is 1.75. The summed E-state index contributed by atoms with van der Waals surface area (Å²) in [5.41, 5.74) is 1.48. The molecule has 1 heterocycles. The molecular weight excluding hydrogens is 330 g/mol. The molecule has 0 aliphatic rings. The number of nitrogens with one attached hydrogen (secondary N) is 1. The maximum absolute atomic E-state index is 13.7. The van der Waals surface area contributed by atoms with Gasteiger partial charge in [-0.15, -0.1) is 11.3 Å². The second kappa shape index (κ2) is 6.88. The summed E-state index contributed by atoms with van der Waals surface area (Å²) in [6, 6.07) is 12.0. The van der Waals surface area contributed by atoms with E-state index in [0.29, 0.717) is 5.01 Å². The van der Waals surface area contributed by atoms with Crippen molar-refractivity contribution in [2.24, 2.45) is 0 Å². The Bertz CT molecular complexity index is 864. The molecule has 0 spiro atoms. The van der Waals surface area contributed by atoms with Gasteiger partial charge in [-0.1, -0.05) is 30.3 Å². The Morgan fingerprint density at radius 3 is 2.67 bits per heavy atom. The van der Waals surface area contributed by atoms with Crippen LogP contribution in [0, 0.1) is 11.6 Å². The summed E-state index contributed by atoms with van der Waals surface area (Å²) >= 11 is 1.40. The van der Waals surface area contributed by atoms with E-state index < -0.39 is 23.6 Å². The predicted octanol–water partition coefficient (Wildman–Crippen LogP) is 4.58. The summed E-state index contributed by atoms with van der Waals surface area (Å²) in [5, 5.41) is 5.24. The van der Waals surface area contributed by atoms with Crippen molar-refractivity contribution in [1.82, 2.24) is 10.3 Å². The molecule has 0 saturated carbocycles. The molecule has 0 fully saturated rings. The van der Waals surface area contributed by atoms with Crippen LogP contribution in [-0.4, -0.2) is 10.9 Å². The molecule has 24 heavy (non-hydrogen) atoms. The number of carbonyl (C=O) groups is 1. The van der Waals surface area contributed by atoms with E-state index in [1.165, 1.54) is 11.3 Å². The van der Waals surface area contributed by atoms with Gasteiger partial charge in [0.25, 0.3) is 5.91 Å². The fourth-order valence-corrected chi connectivity index (χ4v) is 3.07. The van der Waals surface area contributed by atoms with E-state index in [9.17, 15) is 13.6 Å². The van der Waals surface area contributed by atoms with E-state index in [0.717, 1.165) is 29.5 Å². The van der Waals surface area contributed by atoms with Gasteiger partial charge in [-0.3, -0.25) is 4.79 Å². The van der Waals surface area contributed by atoms with Crippen molar-refractivity contribution in [3.8, 4) is 11.3 Å². The largest absolute Gasteiger partial charge is 0.343 e. The van der Waals surface area contributed by atoms with E-state index in [-0.39, 0.29) is 5.56 Å². The molecule has 0 aliphatic heterocycles. The lowest BCUT2D eigenvalue weighted by Gasteiger charge is -2.11. The van der Waals surface area contributed by atoms with Gasteiger partial charge in [0.2, 0.25) is 0 Å². The van der Waals surface area contributed by atoms with Crippen molar-refractivity contribution < 1.29 is 13.6 Å². The molecule has 0 bridgehead atoms. The molecule has 1 unspecified atom stereocenters. The van der Waals surface area contributed by atoms with Gasteiger partial charge in [0, 0.05) is 10.9 Å². The van der Waals surface area contributed by atoms with E-state index in [1.807, 2.05) is 35.7 Å². The van der Waals surface area contributed by atoms with Crippen LogP contribution in [-0.2, 0) is 0 Å². The Morgan fingerprint density at radius 2 is 1.92 bits per heavy atom. The first-order chi connectivity index (χ1) is 11.5. The monoisotopic (exact) mass is 344 g/mol. The normalized spacial score (nSPS) is 12.0. The first-order valence-electron chi connectivity index (χ1n) is 7.31. The third-order valence-electron chi connectivity index (χ3n) is 3.48. The molecule has 6 heteroatoms. The summed E-state index contributed by atoms with van der Waals surface area (Å²) in [6.07, 6.45) is 0. The van der Waals surface area contributed by atoms with Crippen LogP contribution in [0.15, 0.2) is 53.9 Å². The summed E-state index contributed by atoms with van der Waals surface area (Å²) in [5.74, 6) is -2.09. The van der Waals surface area contributed by atoms with Crippen LogP contribution in [0.1, 0.15) is 28.3 Å². The maximum atomic E-state index is 13.7. The van der Waals surface area contributed by atoms with Crippen LogP contribution in [0.5, 0.6) is 0 Å². The molecule has 3 rings (SSSR count). The Labute approximate surface area is 142 Å². The number of halogens is 2. The highest BCUT2D eigenvalue weighted by molar-refractivity contribution is 7.10. The first kappa shape index (κ1) is 16.3. The third kappa shape index (κ3) is 3.49. The van der Waals surface area contributed by atoms with Gasteiger partial charge in [0.15, 0.2) is 0 Å². The minimum absolute atomic E-state index is 0.318. The zero-order valence-electron chi connectivity index (χ0n) is 12.8. The Hall–Kier alpha value is -2.60. The number of carbonyl (C=O) groups excluding carboxylic acids is 1. The molecule has 0 saturated heterocycles. The molecule has 3 aromatic rings. The van der Waals surface area contributed by atoms with Crippen molar-refractivity contribution in [3.05, 3.63) is 76.1 Å². The van der Waals surface area contributed by atoms with Crippen LogP contribution in [0.3, 0.4) is 0 Å². The lowest BCUT2D eigenvalue weighted by Crippen LogP contribution is -2.27. The topological polar surface area (TPSA) is 42.0 Å². The summed E-state index contributed by atoms with van der Waals surface area (Å²) in [7, 11) is 0. The minimum atomic E-state index is -0.759. The van der Waals surface area contributed by atoms with Crippen LogP contribution in [0.4, 0.5) is 8.78 Å². The lowest BCUT2D eigenvalue weighted by molar-refractivity contribution is 0.0935. The maximum Gasteiger partial charge on any atom is 0.254 e. The van der Waals surface area contributed by atoms with Gasteiger partial charge in [-0.05, 0) is 25.1 Å². The molecule has 1 N–H and O–H groups in total. The Morgan fingerprint density at radius 1 is 1.17 bits per heavy atom. The van der Waals surface area contributed by atoms with Gasteiger partial charge in [0.1, 0.15) is 16.6 Å². The van der Waals surface area contributed by atoms with Crippen molar-refractivity contribution in [1.29, 1.82) is 0 Å². The highest BCUT2D eigenvalue weighted by Crippen LogP contribution is 2.25. The average molecular weight is 344 g/mol. The minimum Gasteiger partial charge on any atom is -0.343 e. The Kier molecular flexibility index (Phi) is 4.66. The zero-order chi connectivity index (χ0) is 17.1. The lowest BCUT2D eigenvalue weighted by atomic mass is 10.1. The second-order valence-corrected chi connectivity index (χ2v) is 6.15. The van der Waals surface area contributed by atoms with Crippen LogP contribution < -0.4 is 5.32 Å². The number of hydrogen-bond acceptors (Lipinski definition) is 3. The first-order valence-corrected chi connectivity index (χ1v) is 8.19. The molecule has 0 radical (unpaired) electrons. The van der Waals surface area contributed by atoms with Crippen molar-refractivity contribution in [2.75, 3.05) is 0 Å². The number of aromatic nitrogens is 1. The van der Waals surface area contributed by atoms with E-state index in [4.69, 9.17) is 0 Å². The third-order valence-corrected chi connectivity index (χ3v) is 4.51. The molecule has 3 nitrogen and oxygen atoms in total. The number of thiazole rings is 1. The van der Waals surface area contributed by atoms with Crippen LogP contribution in [0.25, 0.3) is 11.3 Å². The van der Waals surface area contributed by atoms with Gasteiger partial charge >= 0.3 is 0 Å².